The van der Waals surface area contributed by atoms with Crippen LogP contribution in [-0.2, 0) is 4.79 Å². The van der Waals surface area contributed by atoms with E-state index in [4.69, 9.17) is 0 Å². The highest BCUT2D eigenvalue weighted by atomic mass is 32.1. The third-order valence-corrected chi connectivity index (χ3v) is 2.89. The smallest absolute Gasteiger partial charge is 0.247 e. The van der Waals surface area contributed by atoms with Gasteiger partial charge in [0.15, 0.2) is 0 Å². The highest BCUT2D eigenvalue weighted by Crippen LogP contribution is 2.45. The van der Waals surface area contributed by atoms with Crippen LogP contribution in [0.25, 0.3) is 0 Å². The molecule has 0 radical (unpaired) electrons. The number of hydrogen-bond acceptors (Lipinski definition) is 2. The predicted octanol–water partition coefficient (Wildman–Crippen LogP) is 1.05. The number of amides is 1. The first-order chi connectivity index (χ1) is 5.24. The second-order valence-corrected chi connectivity index (χ2v) is 3.62. The lowest BCUT2D eigenvalue weighted by molar-refractivity contribution is -0.127. The van der Waals surface area contributed by atoms with Crippen molar-refractivity contribution in [1.29, 1.82) is 0 Å². The fourth-order valence-electron chi connectivity index (χ4n) is 1.71. The van der Waals surface area contributed by atoms with E-state index < -0.39 is 0 Å². The van der Waals surface area contributed by atoms with Crippen LogP contribution in [0.4, 0.5) is 0 Å². The predicted molar refractivity (Wildman–Crippen MR) is 46.4 cm³/mol. The van der Waals surface area contributed by atoms with Crippen LogP contribution >= 0.6 is 12.6 Å². The third-order valence-electron chi connectivity index (χ3n) is 2.43. The van der Waals surface area contributed by atoms with E-state index in [1.165, 1.54) is 0 Å². The van der Waals surface area contributed by atoms with Crippen LogP contribution in [0.15, 0.2) is 11.0 Å². The minimum absolute atomic E-state index is 0.135. The molecule has 11 heavy (non-hydrogen) atoms. The second-order valence-electron chi connectivity index (χ2n) is 3.10. The molecule has 3 heteroatoms. The van der Waals surface area contributed by atoms with Crippen molar-refractivity contribution in [3.8, 4) is 0 Å². The Hall–Kier alpha value is -0.440. The Morgan fingerprint density at radius 2 is 2.55 bits per heavy atom. The van der Waals surface area contributed by atoms with E-state index in [9.17, 15) is 4.79 Å². The average molecular weight is 169 g/mol. The number of likely N-dealkylation sites (N-methyl/N-ethyl adjacent to an activating group) is 1. The maximum absolute atomic E-state index is 11.3. The fourth-order valence-corrected chi connectivity index (χ4v) is 2.10. The van der Waals surface area contributed by atoms with Gasteiger partial charge in [-0.05, 0) is 18.2 Å². The zero-order valence-corrected chi connectivity index (χ0v) is 7.34. The summed E-state index contributed by atoms with van der Waals surface area (Å²) in [6, 6.07) is 0.477. The van der Waals surface area contributed by atoms with Gasteiger partial charge >= 0.3 is 0 Å². The normalized spacial score (nSPS) is 34.9. The van der Waals surface area contributed by atoms with Crippen LogP contribution in [0.3, 0.4) is 0 Å². The van der Waals surface area contributed by atoms with Gasteiger partial charge < -0.3 is 4.90 Å². The quantitative estimate of drug-likeness (QED) is 0.582. The Morgan fingerprint density at radius 1 is 1.82 bits per heavy atom. The lowest BCUT2D eigenvalue weighted by Gasteiger charge is -2.22. The molecule has 1 saturated carbocycles. The van der Waals surface area contributed by atoms with Crippen LogP contribution in [-0.4, -0.2) is 23.4 Å². The van der Waals surface area contributed by atoms with E-state index in [2.05, 4.69) is 12.6 Å². The van der Waals surface area contributed by atoms with Crippen molar-refractivity contribution in [2.75, 3.05) is 6.54 Å². The van der Waals surface area contributed by atoms with Gasteiger partial charge in [-0.3, -0.25) is 4.79 Å². The molecule has 0 bridgehead atoms. The molecule has 0 aromatic carbocycles. The molecule has 1 amide bonds. The van der Waals surface area contributed by atoms with Gasteiger partial charge in [0.2, 0.25) is 5.91 Å². The molecule has 0 spiro atoms. The van der Waals surface area contributed by atoms with Crippen molar-refractivity contribution in [2.45, 2.75) is 19.4 Å². The SMILES string of the molecule is CCN1C(=O)C=C(S)C2C[C@@H]21. The largest absolute Gasteiger partial charge is 0.336 e. The topological polar surface area (TPSA) is 20.3 Å². The van der Waals surface area contributed by atoms with E-state index in [1.807, 2.05) is 11.8 Å². The van der Waals surface area contributed by atoms with Crippen LogP contribution in [0.2, 0.25) is 0 Å². The van der Waals surface area contributed by atoms with Gasteiger partial charge in [0.1, 0.15) is 0 Å². The lowest BCUT2D eigenvalue weighted by Crippen LogP contribution is -2.35. The molecule has 2 atom stereocenters. The number of rotatable bonds is 1. The zero-order chi connectivity index (χ0) is 8.01. The molecule has 1 aliphatic carbocycles. The highest BCUT2D eigenvalue weighted by Gasteiger charge is 2.47. The molecule has 1 heterocycles. The molecular formula is C8H11NOS. The van der Waals surface area contributed by atoms with Crippen LogP contribution in [0.1, 0.15) is 13.3 Å². The van der Waals surface area contributed by atoms with Crippen molar-refractivity contribution >= 4 is 18.5 Å². The Labute approximate surface area is 71.7 Å². The van der Waals surface area contributed by atoms with Crippen molar-refractivity contribution < 1.29 is 4.79 Å². The summed E-state index contributed by atoms with van der Waals surface area (Å²) in [6.07, 6.45) is 2.77. The number of thiol groups is 1. The van der Waals surface area contributed by atoms with Gasteiger partial charge in [-0.15, -0.1) is 12.6 Å². The fraction of sp³-hybridized carbons (Fsp3) is 0.625. The molecule has 1 aliphatic heterocycles. The summed E-state index contributed by atoms with van der Waals surface area (Å²) in [5.41, 5.74) is 0. The summed E-state index contributed by atoms with van der Waals surface area (Å²) in [5.74, 6) is 0.701. The first-order valence-corrected chi connectivity index (χ1v) is 4.40. The highest BCUT2D eigenvalue weighted by molar-refractivity contribution is 7.84. The number of carbonyl (C=O) groups excluding carboxylic acids is 1. The van der Waals surface area contributed by atoms with Crippen LogP contribution < -0.4 is 0 Å². The standard InChI is InChI=1S/C8H11NOS/c1-2-9-6-3-5(6)7(11)4-8(9)10/h4-6,11H,2-3H2,1H3/t5?,6-/m0/s1. The molecule has 1 fully saturated rings. The van der Waals surface area contributed by atoms with Crippen LogP contribution in [0, 0.1) is 5.92 Å². The van der Waals surface area contributed by atoms with Crippen LogP contribution in [0.5, 0.6) is 0 Å². The van der Waals surface area contributed by atoms with E-state index in [1.54, 1.807) is 6.08 Å². The minimum Gasteiger partial charge on any atom is -0.336 e. The van der Waals surface area contributed by atoms with Gasteiger partial charge in [-0.1, -0.05) is 0 Å². The molecular weight excluding hydrogens is 158 g/mol. The van der Waals surface area contributed by atoms with Crippen molar-refractivity contribution in [1.82, 2.24) is 4.90 Å². The Balaban J connectivity index is 2.24. The Kier molecular flexibility index (Phi) is 1.49. The first kappa shape index (κ1) is 7.22. The summed E-state index contributed by atoms with van der Waals surface area (Å²) < 4.78 is 0. The summed E-state index contributed by atoms with van der Waals surface area (Å²) >= 11 is 4.25. The zero-order valence-electron chi connectivity index (χ0n) is 6.45. The molecule has 60 valence electrons. The molecule has 0 aromatic rings. The summed E-state index contributed by atoms with van der Waals surface area (Å²) in [4.78, 5) is 14.2. The number of carbonyl (C=O) groups is 1. The second kappa shape index (κ2) is 2.27. The summed E-state index contributed by atoms with van der Waals surface area (Å²) in [7, 11) is 0. The third kappa shape index (κ3) is 0.984. The molecule has 2 aliphatic rings. The van der Waals surface area contributed by atoms with Gasteiger partial charge in [0.25, 0.3) is 0 Å². The van der Waals surface area contributed by atoms with E-state index in [0.717, 1.165) is 17.9 Å². The number of fused-ring (bicyclic) bond motifs is 1. The average Bonchev–Trinajstić information content (AvgIpc) is 2.67. The Bertz CT molecular complexity index is 236. The van der Waals surface area contributed by atoms with Gasteiger partial charge in [-0.2, -0.15) is 0 Å². The number of hydrogen-bond donors (Lipinski definition) is 1. The van der Waals surface area contributed by atoms with Crippen molar-refractivity contribution in [3.05, 3.63) is 11.0 Å². The number of nitrogens with zero attached hydrogens (tertiary/aromatic N) is 1. The van der Waals surface area contributed by atoms with Gasteiger partial charge in [0, 0.05) is 24.6 Å². The molecule has 0 N–H and O–H groups in total. The Morgan fingerprint density at radius 3 is 3.18 bits per heavy atom. The molecule has 0 aromatic heterocycles. The van der Waals surface area contributed by atoms with E-state index >= 15 is 0 Å². The monoisotopic (exact) mass is 169 g/mol. The first-order valence-electron chi connectivity index (χ1n) is 3.95. The maximum atomic E-state index is 11.3. The lowest BCUT2D eigenvalue weighted by atomic mass is 10.2. The molecule has 2 rings (SSSR count). The van der Waals surface area contributed by atoms with Crippen molar-refractivity contribution in [3.63, 3.8) is 0 Å². The maximum Gasteiger partial charge on any atom is 0.247 e. The summed E-state index contributed by atoms with van der Waals surface area (Å²) in [6.45, 7) is 2.85. The van der Waals surface area contributed by atoms with Gasteiger partial charge in [0.05, 0.1) is 0 Å². The summed E-state index contributed by atoms with van der Waals surface area (Å²) in [5, 5.41) is 0. The molecule has 2 nitrogen and oxygen atoms in total. The van der Waals surface area contributed by atoms with E-state index in [0.29, 0.717) is 12.0 Å². The minimum atomic E-state index is 0.135. The van der Waals surface area contributed by atoms with Gasteiger partial charge in [-0.25, -0.2) is 0 Å². The molecule has 0 saturated heterocycles. The van der Waals surface area contributed by atoms with Crippen molar-refractivity contribution in [2.24, 2.45) is 5.92 Å². The molecule has 1 unspecified atom stereocenters. The van der Waals surface area contributed by atoms with E-state index in [-0.39, 0.29) is 5.91 Å².